The van der Waals surface area contributed by atoms with Crippen LogP contribution < -0.4 is 0 Å². The quantitative estimate of drug-likeness (QED) is 0.670. The van der Waals surface area contributed by atoms with Gasteiger partial charge in [-0.05, 0) is 43.2 Å². The van der Waals surface area contributed by atoms with Crippen molar-refractivity contribution in [3.05, 3.63) is 69.7 Å². The summed E-state index contributed by atoms with van der Waals surface area (Å²) in [6.07, 6.45) is 1.05. The van der Waals surface area contributed by atoms with Crippen molar-refractivity contribution in [3.8, 4) is 0 Å². The largest absolute Gasteiger partial charge is 0.341 e. The number of hydrogen-bond acceptors (Lipinski definition) is 4. The Hall–Kier alpha value is -2.70. The van der Waals surface area contributed by atoms with Gasteiger partial charge in [0.15, 0.2) is 0 Å². The molecule has 0 atom stereocenters. The maximum absolute atomic E-state index is 12.8. The molecule has 0 bridgehead atoms. The minimum atomic E-state index is -0.308. The van der Waals surface area contributed by atoms with Crippen LogP contribution in [-0.4, -0.2) is 65.1 Å². The number of benzene rings is 2. The molecule has 6 nitrogen and oxygen atoms in total. The second-order valence-electron chi connectivity index (χ2n) is 8.20. The van der Waals surface area contributed by atoms with E-state index < -0.39 is 0 Å². The van der Waals surface area contributed by atoms with Gasteiger partial charge in [0.1, 0.15) is 0 Å². The number of halogens is 1. The van der Waals surface area contributed by atoms with Crippen LogP contribution in [0, 0.1) is 6.92 Å². The molecule has 1 saturated heterocycles. The number of aryl methyl sites for hydroxylation is 1. The minimum absolute atomic E-state index is 0.0129. The van der Waals surface area contributed by atoms with Crippen molar-refractivity contribution in [1.29, 1.82) is 0 Å². The Bertz CT molecular complexity index is 1010. The predicted molar refractivity (Wildman–Crippen MR) is 119 cm³/mol. The molecule has 0 saturated carbocycles. The highest BCUT2D eigenvalue weighted by atomic mass is 35.5. The van der Waals surface area contributed by atoms with E-state index in [2.05, 4.69) is 4.90 Å². The highest BCUT2D eigenvalue weighted by Crippen LogP contribution is 2.24. The smallest absolute Gasteiger partial charge is 0.261 e. The Morgan fingerprint density at radius 2 is 1.68 bits per heavy atom. The highest BCUT2D eigenvalue weighted by molar-refractivity contribution is 6.30. The lowest BCUT2D eigenvalue weighted by Gasteiger charge is -2.23. The Morgan fingerprint density at radius 3 is 2.45 bits per heavy atom. The van der Waals surface area contributed by atoms with Crippen molar-refractivity contribution < 1.29 is 14.4 Å². The summed E-state index contributed by atoms with van der Waals surface area (Å²) < 4.78 is 0. The monoisotopic (exact) mass is 439 g/mol. The van der Waals surface area contributed by atoms with Crippen molar-refractivity contribution in [2.45, 2.75) is 26.3 Å². The molecule has 162 valence electrons. The van der Waals surface area contributed by atoms with E-state index in [-0.39, 0.29) is 30.7 Å². The molecule has 4 rings (SSSR count). The summed E-state index contributed by atoms with van der Waals surface area (Å²) in [7, 11) is 0. The van der Waals surface area contributed by atoms with Crippen LogP contribution in [0.2, 0.25) is 5.02 Å². The molecule has 2 aliphatic rings. The fourth-order valence-corrected chi connectivity index (χ4v) is 4.33. The number of carbonyl (C=O) groups is 3. The van der Waals surface area contributed by atoms with Crippen molar-refractivity contribution in [3.63, 3.8) is 0 Å². The van der Waals surface area contributed by atoms with Gasteiger partial charge in [0.25, 0.3) is 11.8 Å². The summed E-state index contributed by atoms with van der Waals surface area (Å²) in [5.41, 5.74) is 3.00. The van der Waals surface area contributed by atoms with E-state index in [1.807, 2.05) is 42.2 Å². The van der Waals surface area contributed by atoms with Crippen LogP contribution in [0.4, 0.5) is 0 Å². The Labute approximate surface area is 187 Å². The fourth-order valence-electron chi connectivity index (χ4n) is 4.20. The van der Waals surface area contributed by atoms with Crippen molar-refractivity contribution in [1.82, 2.24) is 14.7 Å². The maximum Gasteiger partial charge on any atom is 0.261 e. The number of fused-ring (bicyclic) bond motifs is 1. The van der Waals surface area contributed by atoms with Crippen LogP contribution in [0.1, 0.15) is 44.7 Å². The molecule has 2 heterocycles. The normalized spacial score (nSPS) is 17.1. The van der Waals surface area contributed by atoms with Crippen molar-refractivity contribution >= 4 is 29.3 Å². The van der Waals surface area contributed by atoms with Crippen LogP contribution in [-0.2, 0) is 11.3 Å². The van der Waals surface area contributed by atoms with E-state index in [1.54, 1.807) is 12.1 Å². The Balaban J connectivity index is 1.30. The summed E-state index contributed by atoms with van der Waals surface area (Å²) in [6, 6.07) is 13.1. The third-order valence-electron chi connectivity index (χ3n) is 5.94. The van der Waals surface area contributed by atoms with E-state index in [9.17, 15) is 14.4 Å². The van der Waals surface area contributed by atoms with Gasteiger partial charge in [0, 0.05) is 50.7 Å². The van der Waals surface area contributed by atoms with Crippen LogP contribution >= 0.6 is 11.6 Å². The molecule has 1 fully saturated rings. The van der Waals surface area contributed by atoms with E-state index in [4.69, 9.17) is 11.6 Å². The Kier molecular flexibility index (Phi) is 6.39. The summed E-state index contributed by atoms with van der Waals surface area (Å²) in [5, 5.41) is 0.726. The molecule has 0 spiro atoms. The summed E-state index contributed by atoms with van der Waals surface area (Å²) >= 11 is 5.96. The van der Waals surface area contributed by atoms with Crippen LogP contribution in [0.15, 0.2) is 42.5 Å². The zero-order valence-electron chi connectivity index (χ0n) is 17.6. The lowest BCUT2D eigenvalue weighted by Crippen LogP contribution is -2.38. The average molecular weight is 440 g/mol. The lowest BCUT2D eigenvalue weighted by molar-refractivity contribution is -0.131. The first-order valence-electron chi connectivity index (χ1n) is 10.6. The summed E-state index contributed by atoms with van der Waals surface area (Å²) in [5.74, 6) is -0.625. The molecule has 2 aromatic rings. The summed E-state index contributed by atoms with van der Waals surface area (Å²) in [6.45, 7) is 5.89. The number of amides is 3. The predicted octanol–water partition coefficient (Wildman–Crippen LogP) is 3.37. The lowest BCUT2D eigenvalue weighted by atomic mass is 10.1. The highest BCUT2D eigenvalue weighted by Gasteiger charge is 2.35. The van der Waals surface area contributed by atoms with Gasteiger partial charge < -0.3 is 4.90 Å². The van der Waals surface area contributed by atoms with Crippen LogP contribution in [0.25, 0.3) is 0 Å². The fraction of sp³-hybridized carbons (Fsp3) is 0.375. The van der Waals surface area contributed by atoms with E-state index in [0.29, 0.717) is 24.2 Å². The van der Waals surface area contributed by atoms with Crippen molar-refractivity contribution in [2.24, 2.45) is 0 Å². The van der Waals surface area contributed by atoms with Gasteiger partial charge in [-0.15, -0.1) is 0 Å². The molecule has 31 heavy (non-hydrogen) atoms. The number of hydrogen-bond donors (Lipinski definition) is 0. The zero-order valence-corrected chi connectivity index (χ0v) is 18.4. The molecular weight excluding hydrogens is 414 g/mol. The molecular formula is C24H26ClN3O3. The van der Waals surface area contributed by atoms with Crippen LogP contribution in [0.3, 0.4) is 0 Å². The van der Waals surface area contributed by atoms with Gasteiger partial charge in [-0.2, -0.15) is 0 Å². The first-order chi connectivity index (χ1) is 14.9. The number of nitrogens with zero attached hydrogens (tertiary/aromatic N) is 3. The molecule has 0 radical (unpaired) electrons. The molecule has 0 aromatic heterocycles. The first kappa shape index (κ1) is 21.5. The van der Waals surface area contributed by atoms with Crippen LogP contribution in [0.5, 0.6) is 0 Å². The molecule has 2 aromatic carbocycles. The molecule has 2 aliphatic heterocycles. The van der Waals surface area contributed by atoms with Gasteiger partial charge in [0.2, 0.25) is 5.91 Å². The molecule has 7 heteroatoms. The minimum Gasteiger partial charge on any atom is -0.341 e. The zero-order chi connectivity index (χ0) is 22.0. The number of imide groups is 1. The van der Waals surface area contributed by atoms with Gasteiger partial charge in [-0.3, -0.25) is 24.2 Å². The van der Waals surface area contributed by atoms with Gasteiger partial charge in [-0.1, -0.05) is 35.4 Å². The molecule has 0 N–H and O–H groups in total. The van der Waals surface area contributed by atoms with Gasteiger partial charge in [-0.25, -0.2) is 0 Å². The van der Waals surface area contributed by atoms with E-state index in [1.165, 1.54) is 10.5 Å². The third kappa shape index (κ3) is 4.81. The first-order valence-corrected chi connectivity index (χ1v) is 11.0. The average Bonchev–Trinajstić information content (AvgIpc) is 2.91. The molecule has 0 aliphatic carbocycles. The second kappa shape index (κ2) is 9.20. The molecule has 0 unspecified atom stereocenters. The van der Waals surface area contributed by atoms with Crippen molar-refractivity contribution in [2.75, 3.05) is 32.7 Å². The summed E-state index contributed by atoms with van der Waals surface area (Å²) in [4.78, 5) is 43.4. The number of rotatable bonds is 5. The number of carbonyl (C=O) groups excluding carboxylic acids is 3. The molecule has 3 amide bonds. The third-order valence-corrected chi connectivity index (χ3v) is 6.19. The Morgan fingerprint density at radius 1 is 0.935 bits per heavy atom. The van der Waals surface area contributed by atoms with E-state index >= 15 is 0 Å². The topological polar surface area (TPSA) is 60.9 Å². The standard InChI is InChI=1S/C24H26ClN3O3/c1-17-3-8-20-21(15-17)24(31)28(23(20)30)12-9-22(29)27-11-2-10-26(13-14-27)16-18-4-6-19(25)7-5-18/h3-8,15H,2,9-14,16H2,1H3. The second-order valence-corrected chi connectivity index (χ2v) is 8.63. The SMILES string of the molecule is Cc1ccc2c(c1)C(=O)N(CCC(=O)N1CCCN(Cc3ccc(Cl)cc3)CC1)C2=O. The van der Waals surface area contributed by atoms with Gasteiger partial charge >= 0.3 is 0 Å². The van der Waals surface area contributed by atoms with Gasteiger partial charge in [0.05, 0.1) is 11.1 Å². The van der Waals surface area contributed by atoms with E-state index in [0.717, 1.165) is 36.6 Å². The maximum atomic E-state index is 12.8.